The SMILES string of the molecule is CCCC(=O)N=c1ccncc(-c2ccc3c(c2)C(=C2Nc4ccncc4N2)NN3)c1. The number of fused-ring (bicyclic) bond motifs is 2. The van der Waals surface area contributed by atoms with Gasteiger partial charge >= 0.3 is 0 Å². The van der Waals surface area contributed by atoms with Gasteiger partial charge in [0.2, 0.25) is 5.91 Å². The van der Waals surface area contributed by atoms with Crippen molar-refractivity contribution in [2.45, 2.75) is 19.8 Å². The van der Waals surface area contributed by atoms with Crippen molar-refractivity contribution in [3.8, 4) is 11.1 Å². The maximum absolute atomic E-state index is 12.0. The number of benzene rings is 1. The highest BCUT2D eigenvalue weighted by atomic mass is 16.1. The molecule has 4 N–H and O–H groups in total. The Kier molecular flexibility index (Phi) is 4.80. The molecule has 0 unspecified atom stereocenters. The molecule has 0 spiro atoms. The van der Waals surface area contributed by atoms with E-state index in [4.69, 9.17) is 0 Å². The Morgan fingerprint density at radius 3 is 2.61 bits per heavy atom. The predicted molar refractivity (Wildman–Crippen MR) is 120 cm³/mol. The molecule has 8 heteroatoms. The molecule has 1 amide bonds. The summed E-state index contributed by atoms with van der Waals surface area (Å²) in [6.45, 7) is 1.97. The molecule has 1 aromatic carbocycles. The molecule has 0 saturated heterocycles. The van der Waals surface area contributed by atoms with E-state index >= 15 is 0 Å². The zero-order valence-electron chi connectivity index (χ0n) is 16.9. The third-order valence-corrected chi connectivity index (χ3v) is 5.10. The maximum Gasteiger partial charge on any atom is 0.246 e. The number of hydrogen-bond acceptors (Lipinski definition) is 7. The smallest absolute Gasteiger partial charge is 0.246 e. The Bertz CT molecular complexity index is 1260. The first-order valence-corrected chi connectivity index (χ1v) is 10.1. The van der Waals surface area contributed by atoms with Crippen LogP contribution in [0.5, 0.6) is 0 Å². The molecule has 2 aromatic heterocycles. The Hall–Kier alpha value is -4.20. The van der Waals surface area contributed by atoms with Gasteiger partial charge in [-0.05, 0) is 42.3 Å². The fraction of sp³-hybridized carbons (Fsp3) is 0.130. The van der Waals surface area contributed by atoms with Gasteiger partial charge in [0.25, 0.3) is 0 Å². The minimum absolute atomic E-state index is 0.124. The number of hydrazine groups is 1. The van der Waals surface area contributed by atoms with Crippen LogP contribution in [0.25, 0.3) is 16.8 Å². The molecular formula is C23H21N7O. The number of rotatable bonds is 3. The van der Waals surface area contributed by atoms with E-state index in [0.717, 1.165) is 51.7 Å². The largest absolute Gasteiger partial charge is 0.338 e. The minimum atomic E-state index is -0.124. The Balaban J connectivity index is 1.54. The Morgan fingerprint density at radius 2 is 1.74 bits per heavy atom. The molecule has 2 aliphatic heterocycles. The van der Waals surface area contributed by atoms with Crippen molar-refractivity contribution in [2.75, 3.05) is 16.1 Å². The van der Waals surface area contributed by atoms with Crippen LogP contribution in [-0.2, 0) is 4.79 Å². The minimum Gasteiger partial charge on any atom is -0.338 e. The summed E-state index contributed by atoms with van der Waals surface area (Å²) in [7, 11) is 0. The molecule has 8 nitrogen and oxygen atoms in total. The zero-order chi connectivity index (χ0) is 21.2. The van der Waals surface area contributed by atoms with Crippen LogP contribution in [0.3, 0.4) is 0 Å². The molecule has 0 fully saturated rings. The van der Waals surface area contributed by atoms with Gasteiger partial charge in [-0.15, -0.1) is 0 Å². The number of anilines is 3. The van der Waals surface area contributed by atoms with Crippen molar-refractivity contribution in [3.63, 3.8) is 0 Å². The monoisotopic (exact) mass is 411 g/mol. The summed E-state index contributed by atoms with van der Waals surface area (Å²) in [6, 6.07) is 11.7. The van der Waals surface area contributed by atoms with Crippen LogP contribution in [0.15, 0.2) is 72.0 Å². The Labute approximate surface area is 179 Å². The van der Waals surface area contributed by atoms with Crippen LogP contribution in [0.2, 0.25) is 0 Å². The van der Waals surface area contributed by atoms with Crippen molar-refractivity contribution >= 4 is 28.7 Å². The molecule has 31 heavy (non-hydrogen) atoms. The summed E-state index contributed by atoms with van der Waals surface area (Å²) in [5, 5.41) is 7.35. The fourth-order valence-corrected chi connectivity index (χ4v) is 3.59. The average Bonchev–Trinajstić information content (AvgIpc) is 3.31. The van der Waals surface area contributed by atoms with Gasteiger partial charge in [-0.3, -0.25) is 20.2 Å². The van der Waals surface area contributed by atoms with Gasteiger partial charge < -0.3 is 16.1 Å². The number of aromatic nitrogens is 2. The van der Waals surface area contributed by atoms with Gasteiger partial charge in [-0.1, -0.05) is 13.0 Å². The fourth-order valence-electron chi connectivity index (χ4n) is 3.59. The molecule has 0 radical (unpaired) electrons. The second-order valence-electron chi connectivity index (χ2n) is 7.31. The number of carbonyl (C=O) groups is 1. The third kappa shape index (κ3) is 3.71. The van der Waals surface area contributed by atoms with Gasteiger partial charge in [0.15, 0.2) is 0 Å². The average molecular weight is 411 g/mol. The van der Waals surface area contributed by atoms with Crippen molar-refractivity contribution < 1.29 is 4.79 Å². The third-order valence-electron chi connectivity index (χ3n) is 5.10. The van der Waals surface area contributed by atoms with Gasteiger partial charge in [0.1, 0.15) is 11.5 Å². The van der Waals surface area contributed by atoms with Crippen LogP contribution in [-0.4, -0.2) is 15.9 Å². The first kappa shape index (κ1) is 18.8. The van der Waals surface area contributed by atoms with Crippen LogP contribution >= 0.6 is 0 Å². The van der Waals surface area contributed by atoms with Crippen LogP contribution in [0.4, 0.5) is 17.1 Å². The van der Waals surface area contributed by atoms with Crippen LogP contribution in [0, 0.1) is 0 Å². The van der Waals surface area contributed by atoms with E-state index in [1.54, 1.807) is 30.9 Å². The summed E-state index contributed by atoms with van der Waals surface area (Å²) >= 11 is 0. The first-order chi connectivity index (χ1) is 15.2. The predicted octanol–water partition coefficient (Wildman–Crippen LogP) is 3.46. The second-order valence-corrected chi connectivity index (χ2v) is 7.31. The lowest BCUT2D eigenvalue weighted by Crippen LogP contribution is -2.16. The number of carbonyl (C=O) groups excluding carboxylic acids is 1. The lowest BCUT2D eigenvalue weighted by atomic mass is 10.0. The molecule has 3 aromatic rings. The number of hydrogen-bond donors (Lipinski definition) is 4. The van der Waals surface area contributed by atoms with E-state index in [2.05, 4.69) is 42.5 Å². The molecule has 5 rings (SSSR count). The Morgan fingerprint density at radius 1 is 0.903 bits per heavy atom. The highest BCUT2D eigenvalue weighted by molar-refractivity contribution is 5.91. The van der Waals surface area contributed by atoms with Crippen molar-refractivity contribution in [1.82, 2.24) is 15.4 Å². The highest BCUT2D eigenvalue weighted by Gasteiger charge is 2.24. The molecule has 0 saturated carbocycles. The van der Waals surface area contributed by atoms with E-state index < -0.39 is 0 Å². The van der Waals surface area contributed by atoms with E-state index in [1.807, 2.05) is 31.2 Å². The van der Waals surface area contributed by atoms with Crippen molar-refractivity contribution in [1.29, 1.82) is 0 Å². The molecule has 0 bridgehead atoms. The van der Waals surface area contributed by atoms with E-state index in [9.17, 15) is 4.79 Å². The van der Waals surface area contributed by atoms with Crippen LogP contribution in [0.1, 0.15) is 25.3 Å². The molecule has 4 heterocycles. The van der Waals surface area contributed by atoms with Crippen molar-refractivity contribution in [3.05, 3.63) is 77.9 Å². The van der Waals surface area contributed by atoms with Crippen molar-refractivity contribution in [2.24, 2.45) is 4.99 Å². The summed E-state index contributed by atoms with van der Waals surface area (Å²) < 4.78 is 0. The lowest BCUT2D eigenvalue weighted by Gasteiger charge is -2.07. The number of pyridine rings is 1. The quantitative estimate of drug-likeness (QED) is 0.523. The van der Waals surface area contributed by atoms with Crippen LogP contribution < -0.4 is 26.8 Å². The van der Waals surface area contributed by atoms with E-state index in [-0.39, 0.29) is 5.91 Å². The summed E-state index contributed by atoms with van der Waals surface area (Å²) in [6.07, 6.45) is 8.19. The number of nitrogens with zero attached hydrogens (tertiary/aromatic N) is 3. The number of nitrogens with one attached hydrogen (secondary N) is 4. The standard InChI is InChI=1S/C23H21N7O/c1-2-3-21(31)26-16-6-8-24-12-15(10-16)14-4-5-18-17(11-14)22(30-29-18)23-27-19-7-9-25-13-20(19)28-23/h4-13,27-30H,2-3H2,1H3. The zero-order valence-corrected chi connectivity index (χ0v) is 16.9. The molecule has 0 atom stereocenters. The molecular weight excluding hydrogens is 390 g/mol. The van der Waals surface area contributed by atoms with Gasteiger partial charge in [0, 0.05) is 36.1 Å². The lowest BCUT2D eigenvalue weighted by molar-refractivity contribution is -0.118. The summed E-state index contributed by atoms with van der Waals surface area (Å²) in [5.74, 6) is 0.727. The normalized spacial score (nSPS) is 16.5. The van der Waals surface area contributed by atoms with E-state index in [1.165, 1.54) is 0 Å². The topological polar surface area (TPSA) is 103 Å². The summed E-state index contributed by atoms with van der Waals surface area (Å²) in [5.41, 5.74) is 13.1. The first-order valence-electron chi connectivity index (χ1n) is 10.1. The van der Waals surface area contributed by atoms with Gasteiger partial charge in [-0.25, -0.2) is 4.99 Å². The second kappa shape index (κ2) is 7.91. The number of amides is 1. The molecule has 0 aliphatic carbocycles. The van der Waals surface area contributed by atoms with E-state index in [0.29, 0.717) is 11.8 Å². The summed E-state index contributed by atoms with van der Waals surface area (Å²) in [4.78, 5) is 24.6. The van der Waals surface area contributed by atoms with Gasteiger partial charge in [0.05, 0.1) is 28.6 Å². The molecule has 2 aliphatic rings. The highest BCUT2D eigenvalue weighted by Crippen LogP contribution is 2.37. The van der Waals surface area contributed by atoms with Gasteiger partial charge in [-0.2, -0.15) is 0 Å². The molecule has 154 valence electrons. The maximum atomic E-state index is 12.0.